The van der Waals surface area contributed by atoms with E-state index in [9.17, 15) is 9.59 Å². The predicted octanol–water partition coefficient (Wildman–Crippen LogP) is 2.14. The first-order valence-corrected chi connectivity index (χ1v) is 10.8. The number of rotatable bonds is 7. The Hall–Kier alpha value is -4.19. The molecule has 0 bridgehead atoms. The first-order chi connectivity index (χ1) is 16.1. The summed E-state index contributed by atoms with van der Waals surface area (Å²) in [5, 5.41) is 0.538. The highest BCUT2D eigenvalue weighted by Gasteiger charge is 2.02. The average Bonchev–Trinajstić information content (AvgIpc) is 2.85. The van der Waals surface area contributed by atoms with E-state index in [-0.39, 0.29) is 16.5 Å². The highest BCUT2D eigenvalue weighted by Crippen LogP contribution is 2.13. The van der Waals surface area contributed by atoms with Crippen molar-refractivity contribution in [1.82, 2.24) is 14.5 Å². The molecule has 0 saturated carbocycles. The molecule has 1 N–H and O–H groups in total. The molecule has 4 rings (SSSR count). The van der Waals surface area contributed by atoms with Gasteiger partial charge in [-0.25, -0.2) is 0 Å². The molecule has 0 radical (unpaired) electrons. The minimum Gasteiger partial charge on any atom is -0.494 e. The van der Waals surface area contributed by atoms with E-state index in [4.69, 9.17) is 4.74 Å². The van der Waals surface area contributed by atoms with Crippen molar-refractivity contribution in [2.24, 2.45) is 7.05 Å². The Bertz CT molecular complexity index is 1440. The summed E-state index contributed by atoms with van der Waals surface area (Å²) in [4.78, 5) is 32.3. The molecular formula is C27H25N3O3. The molecule has 0 spiro atoms. The van der Waals surface area contributed by atoms with Crippen molar-refractivity contribution >= 4 is 12.2 Å². The summed E-state index contributed by atoms with van der Waals surface area (Å²) in [6, 6.07) is 20.8. The zero-order valence-electron chi connectivity index (χ0n) is 18.4. The fraction of sp³-hybridized carbons (Fsp3) is 0.148. The summed E-state index contributed by atoms with van der Waals surface area (Å²) in [6.07, 6.45) is 8.80. The van der Waals surface area contributed by atoms with Gasteiger partial charge in [0.15, 0.2) is 0 Å². The lowest BCUT2D eigenvalue weighted by Crippen LogP contribution is -2.52. The molecule has 0 fully saturated rings. The molecule has 0 aliphatic rings. The number of nitrogens with one attached hydrogen (secondary N) is 1. The number of benzene rings is 2. The van der Waals surface area contributed by atoms with Crippen molar-refractivity contribution in [3.8, 4) is 5.75 Å². The van der Waals surface area contributed by atoms with E-state index in [2.05, 4.69) is 16.0 Å². The Balaban J connectivity index is 1.48. The summed E-state index contributed by atoms with van der Waals surface area (Å²) in [5.74, 6) is 0.757. The second-order valence-corrected chi connectivity index (χ2v) is 7.70. The molecule has 2 aromatic heterocycles. The van der Waals surface area contributed by atoms with Gasteiger partial charge in [0.1, 0.15) is 16.4 Å². The monoisotopic (exact) mass is 439 g/mol. The number of pyridine rings is 1. The minimum absolute atomic E-state index is 0.234. The van der Waals surface area contributed by atoms with Crippen molar-refractivity contribution in [3.05, 3.63) is 127 Å². The Labute approximate surface area is 191 Å². The first kappa shape index (κ1) is 22.0. The van der Waals surface area contributed by atoms with Gasteiger partial charge in [0.05, 0.1) is 6.61 Å². The highest BCUT2D eigenvalue weighted by atomic mass is 16.5. The van der Waals surface area contributed by atoms with Crippen molar-refractivity contribution in [2.45, 2.75) is 12.8 Å². The SMILES string of the molecule is Cn1c(=O)/c(=C/c2ccc(OCCCc3cccnc3)cc2)[nH]c(=O)/c1=C/c1ccccc1. The van der Waals surface area contributed by atoms with E-state index in [0.29, 0.717) is 12.0 Å². The molecule has 0 unspecified atom stereocenters. The molecule has 4 aromatic rings. The van der Waals surface area contributed by atoms with Gasteiger partial charge < -0.3 is 14.3 Å². The van der Waals surface area contributed by atoms with Crippen LogP contribution in [0, 0.1) is 0 Å². The van der Waals surface area contributed by atoms with Crippen LogP contribution in [0.25, 0.3) is 12.2 Å². The van der Waals surface area contributed by atoms with E-state index in [0.717, 1.165) is 29.7 Å². The lowest BCUT2D eigenvalue weighted by molar-refractivity contribution is 0.311. The third-order valence-electron chi connectivity index (χ3n) is 5.27. The van der Waals surface area contributed by atoms with Crippen LogP contribution in [0.15, 0.2) is 88.7 Å². The number of H-pyrrole nitrogens is 1. The minimum atomic E-state index is -0.319. The lowest BCUT2D eigenvalue weighted by atomic mass is 10.2. The standard InChI is InChI=1S/C27H25N3O3/c1-30-25(18-20-7-3-2-4-8-20)26(31)29-24(27(30)32)17-21-11-13-23(14-12-21)33-16-6-10-22-9-5-15-28-19-22/h2-5,7-9,11-15,17-19H,6,10,16H2,1H3,(H,29,31)/b24-17-,25-18-. The van der Waals surface area contributed by atoms with Gasteiger partial charge in [-0.2, -0.15) is 0 Å². The quantitative estimate of drug-likeness (QED) is 0.448. The largest absolute Gasteiger partial charge is 0.494 e. The van der Waals surface area contributed by atoms with Gasteiger partial charge in [-0.1, -0.05) is 48.5 Å². The number of hydrogen-bond donors (Lipinski definition) is 1. The van der Waals surface area contributed by atoms with Crippen LogP contribution in [-0.4, -0.2) is 21.1 Å². The molecule has 2 aromatic carbocycles. The molecule has 6 heteroatoms. The molecule has 0 aliphatic carbocycles. The summed E-state index contributed by atoms with van der Waals surface area (Å²) in [6.45, 7) is 0.602. The number of ether oxygens (including phenoxy) is 1. The van der Waals surface area contributed by atoms with Crippen LogP contribution in [0.2, 0.25) is 0 Å². The van der Waals surface area contributed by atoms with E-state index in [1.165, 1.54) is 10.1 Å². The summed E-state index contributed by atoms with van der Waals surface area (Å²) in [5.41, 5.74) is 2.25. The van der Waals surface area contributed by atoms with E-state index >= 15 is 0 Å². The van der Waals surface area contributed by atoms with E-state index in [1.54, 1.807) is 25.4 Å². The van der Waals surface area contributed by atoms with Crippen LogP contribution in [0.5, 0.6) is 5.75 Å². The molecule has 0 amide bonds. The second kappa shape index (κ2) is 10.4. The van der Waals surface area contributed by atoms with E-state index < -0.39 is 0 Å². The molecular weight excluding hydrogens is 414 g/mol. The zero-order valence-corrected chi connectivity index (χ0v) is 18.4. The fourth-order valence-electron chi connectivity index (χ4n) is 3.49. The third-order valence-corrected chi connectivity index (χ3v) is 5.27. The van der Waals surface area contributed by atoms with Crippen molar-refractivity contribution in [1.29, 1.82) is 0 Å². The number of aromatic amines is 1. The van der Waals surface area contributed by atoms with Gasteiger partial charge in [-0.05, 0) is 59.9 Å². The van der Waals surface area contributed by atoms with Crippen molar-refractivity contribution in [2.75, 3.05) is 6.61 Å². The van der Waals surface area contributed by atoms with Crippen LogP contribution >= 0.6 is 0 Å². The average molecular weight is 440 g/mol. The Morgan fingerprint density at radius 2 is 1.70 bits per heavy atom. The number of nitrogens with zero attached hydrogens (tertiary/aromatic N) is 2. The highest BCUT2D eigenvalue weighted by molar-refractivity contribution is 5.50. The fourth-order valence-corrected chi connectivity index (χ4v) is 3.49. The summed E-state index contributed by atoms with van der Waals surface area (Å²) >= 11 is 0. The third kappa shape index (κ3) is 5.74. The molecule has 0 atom stereocenters. The van der Waals surface area contributed by atoms with Gasteiger partial charge in [0.25, 0.3) is 11.1 Å². The molecule has 2 heterocycles. The number of aromatic nitrogens is 3. The topological polar surface area (TPSA) is 77.0 Å². The molecule has 33 heavy (non-hydrogen) atoms. The Kier molecular flexibility index (Phi) is 6.95. The maximum atomic E-state index is 12.8. The van der Waals surface area contributed by atoms with Gasteiger partial charge in [0.2, 0.25) is 0 Å². The van der Waals surface area contributed by atoms with Crippen LogP contribution in [0.4, 0.5) is 0 Å². The summed E-state index contributed by atoms with van der Waals surface area (Å²) < 4.78 is 7.18. The van der Waals surface area contributed by atoms with Crippen LogP contribution in [0.1, 0.15) is 23.1 Å². The number of hydrogen-bond acceptors (Lipinski definition) is 4. The van der Waals surface area contributed by atoms with Gasteiger partial charge in [-0.3, -0.25) is 14.6 Å². The molecule has 6 nitrogen and oxygen atoms in total. The van der Waals surface area contributed by atoms with Gasteiger partial charge in [0, 0.05) is 19.4 Å². The normalized spacial score (nSPS) is 12.2. The maximum absolute atomic E-state index is 12.8. The van der Waals surface area contributed by atoms with Crippen molar-refractivity contribution in [3.63, 3.8) is 0 Å². The number of aryl methyl sites for hydroxylation is 1. The molecule has 0 saturated heterocycles. The first-order valence-electron chi connectivity index (χ1n) is 10.8. The van der Waals surface area contributed by atoms with Gasteiger partial charge in [-0.15, -0.1) is 0 Å². The zero-order chi connectivity index (χ0) is 23.0. The van der Waals surface area contributed by atoms with Crippen LogP contribution < -0.4 is 26.6 Å². The Morgan fingerprint density at radius 3 is 2.42 bits per heavy atom. The molecule has 0 aliphatic heterocycles. The van der Waals surface area contributed by atoms with Crippen LogP contribution in [-0.2, 0) is 13.5 Å². The lowest BCUT2D eigenvalue weighted by Gasteiger charge is -2.06. The smallest absolute Gasteiger partial charge is 0.274 e. The Morgan fingerprint density at radius 1 is 0.939 bits per heavy atom. The second-order valence-electron chi connectivity index (χ2n) is 7.70. The predicted molar refractivity (Wildman–Crippen MR) is 130 cm³/mol. The maximum Gasteiger partial charge on any atom is 0.274 e. The molecule has 166 valence electrons. The van der Waals surface area contributed by atoms with Gasteiger partial charge >= 0.3 is 0 Å². The van der Waals surface area contributed by atoms with Crippen molar-refractivity contribution < 1.29 is 4.74 Å². The van der Waals surface area contributed by atoms with Crippen LogP contribution in [0.3, 0.4) is 0 Å². The van der Waals surface area contributed by atoms with E-state index in [1.807, 2.05) is 66.9 Å². The summed E-state index contributed by atoms with van der Waals surface area (Å²) in [7, 11) is 1.60.